The van der Waals surface area contributed by atoms with Gasteiger partial charge in [0.05, 0.1) is 18.2 Å². The summed E-state index contributed by atoms with van der Waals surface area (Å²) in [5.74, 6) is -1.57. The Morgan fingerprint density at radius 1 is 0.969 bits per heavy atom. The molecule has 1 aliphatic heterocycles. The molecule has 1 atom stereocenters. The number of aliphatic hydroxyl groups excluding tert-OH is 1. The van der Waals surface area contributed by atoms with Crippen molar-refractivity contribution in [2.75, 3.05) is 6.61 Å². The molecule has 1 saturated heterocycles. The van der Waals surface area contributed by atoms with E-state index >= 15 is 0 Å². The Hall–Kier alpha value is -3.93. The Balaban J connectivity index is 1.81. The lowest BCUT2D eigenvalue weighted by Gasteiger charge is -2.25. The highest BCUT2D eigenvalue weighted by atomic mass is 19.1. The minimum atomic E-state index is -0.845. The fourth-order valence-electron chi connectivity index (χ4n) is 3.85. The van der Waals surface area contributed by atoms with Gasteiger partial charge in [-0.25, -0.2) is 4.39 Å². The Morgan fingerprint density at radius 2 is 1.62 bits per heavy atom. The average Bonchev–Trinajstić information content (AvgIpc) is 3.05. The van der Waals surface area contributed by atoms with Crippen molar-refractivity contribution in [2.24, 2.45) is 0 Å². The fourth-order valence-corrected chi connectivity index (χ4v) is 3.85. The molecular weight excluding hydrogens is 409 g/mol. The number of ether oxygens (including phenoxy) is 1. The number of hydrogen-bond acceptors (Lipinski definition) is 4. The van der Waals surface area contributed by atoms with Crippen molar-refractivity contribution in [3.63, 3.8) is 0 Å². The molecule has 1 fully saturated rings. The maximum absolute atomic E-state index is 13.6. The number of rotatable bonds is 6. The molecule has 0 bridgehead atoms. The number of carbonyl (C=O) groups is 2. The Labute approximate surface area is 185 Å². The van der Waals surface area contributed by atoms with Crippen molar-refractivity contribution in [1.29, 1.82) is 0 Å². The molecule has 1 amide bonds. The standard InChI is InChI=1S/C26H22FNO4/c1-2-32-21-14-10-19(11-15-21)24(29)22-23(18-8-12-20(27)13-9-18)28(26(31)25(22)30)16-17-6-4-3-5-7-17/h3-15,23,29H,2,16H2,1H3. The smallest absolute Gasteiger partial charge is 0.295 e. The Kier molecular flexibility index (Phi) is 6.03. The van der Waals surface area contributed by atoms with Crippen LogP contribution in [-0.4, -0.2) is 28.3 Å². The van der Waals surface area contributed by atoms with Crippen LogP contribution >= 0.6 is 0 Å². The highest BCUT2D eigenvalue weighted by Gasteiger charge is 2.46. The SMILES string of the molecule is CCOc1ccc(C(O)=C2C(=O)C(=O)N(Cc3ccccc3)C2c2ccc(F)cc2)cc1. The molecule has 32 heavy (non-hydrogen) atoms. The zero-order valence-electron chi connectivity index (χ0n) is 17.5. The number of amides is 1. The number of nitrogens with zero attached hydrogens (tertiary/aromatic N) is 1. The topological polar surface area (TPSA) is 66.8 Å². The zero-order valence-corrected chi connectivity index (χ0v) is 17.5. The van der Waals surface area contributed by atoms with Crippen molar-refractivity contribution >= 4 is 17.4 Å². The van der Waals surface area contributed by atoms with E-state index in [9.17, 15) is 19.1 Å². The van der Waals surface area contributed by atoms with E-state index in [1.165, 1.54) is 29.2 Å². The number of aliphatic hydroxyl groups is 1. The van der Waals surface area contributed by atoms with E-state index in [1.54, 1.807) is 24.3 Å². The van der Waals surface area contributed by atoms with Crippen molar-refractivity contribution < 1.29 is 23.8 Å². The van der Waals surface area contributed by atoms with Crippen LogP contribution in [0.5, 0.6) is 5.75 Å². The summed E-state index contributed by atoms with van der Waals surface area (Å²) in [7, 11) is 0. The number of likely N-dealkylation sites (tertiary alicyclic amines) is 1. The predicted molar refractivity (Wildman–Crippen MR) is 118 cm³/mol. The van der Waals surface area contributed by atoms with Crippen LogP contribution in [0.25, 0.3) is 5.76 Å². The van der Waals surface area contributed by atoms with E-state index in [0.717, 1.165) is 5.56 Å². The number of halogens is 1. The third-order valence-corrected chi connectivity index (χ3v) is 5.36. The molecule has 1 aliphatic rings. The van der Waals surface area contributed by atoms with Gasteiger partial charge in [0, 0.05) is 12.1 Å². The third kappa shape index (κ3) is 4.12. The van der Waals surface area contributed by atoms with Gasteiger partial charge in [-0.1, -0.05) is 42.5 Å². The number of hydrogen-bond donors (Lipinski definition) is 1. The second kappa shape index (κ2) is 9.06. The van der Waals surface area contributed by atoms with Crippen LogP contribution in [0.1, 0.15) is 29.7 Å². The van der Waals surface area contributed by atoms with E-state index < -0.39 is 23.5 Å². The first-order chi connectivity index (χ1) is 15.5. The lowest BCUT2D eigenvalue weighted by molar-refractivity contribution is -0.140. The molecule has 6 heteroatoms. The van der Waals surface area contributed by atoms with Gasteiger partial charge < -0.3 is 14.7 Å². The second-order valence-corrected chi connectivity index (χ2v) is 7.42. The monoisotopic (exact) mass is 431 g/mol. The van der Waals surface area contributed by atoms with Gasteiger partial charge in [-0.15, -0.1) is 0 Å². The van der Waals surface area contributed by atoms with E-state index in [0.29, 0.717) is 23.5 Å². The molecule has 0 aromatic heterocycles. The van der Waals surface area contributed by atoms with Crippen LogP contribution in [0.15, 0.2) is 84.4 Å². The van der Waals surface area contributed by atoms with Crippen LogP contribution in [0.3, 0.4) is 0 Å². The summed E-state index contributed by atoms with van der Waals surface area (Å²) in [4.78, 5) is 27.4. The largest absolute Gasteiger partial charge is 0.507 e. The van der Waals surface area contributed by atoms with Crippen LogP contribution in [0, 0.1) is 5.82 Å². The number of ketones is 1. The van der Waals surface area contributed by atoms with Crippen LogP contribution in [-0.2, 0) is 16.1 Å². The van der Waals surface area contributed by atoms with E-state index in [4.69, 9.17) is 4.74 Å². The highest BCUT2D eigenvalue weighted by Crippen LogP contribution is 2.40. The molecule has 0 aliphatic carbocycles. The fraction of sp³-hybridized carbons (Fsp3) is 0.154. The maximum Gasteiger partial charge on any atom is 0.295 e. The highest BCUT2D eigenvalue weighted by molar-refractivity contribution is 6.46. The van der Waals surface area contributed by atoms with Crippen molar-refractivity contribution in [1.82, 2.24) is 4.90 Å². The van der Waals surface area contributed by atoms with Crippen LogP contribution in [0.2, 0.25) is 0 Å². The lowest BCUT2D eigenvalue weighted by Crippen LogP contribution is -2.29. The average molecular weight is 431 g/mol. The third-order valence-electron chi connectivity index (χ3n) is 5.36. The van der Waals surface area contributed by atoms with Crippen molar-refractivity contribution in [2.45, 2.75) is 19.5 Å². The molecule has 0 radical (unpaired) electrons. The quantitative estimate of drug-likeness (QED) is 0.344. The molecule has 162 valence electrons. The Bertz CT molecular complexity index is 1150. The molecule has 1 N–H and O–H groups in total. The molecule has 3 aromatic carbocycles. The van der Waals surface area contributed by atoms with Gasteiger partial charge in [0.2, 0.25) is 0 Å². The van der Waals surface area contributed by atoms with E-state index in [2.05, 4.69) is 0 Å². The van der Waals surface area contributed by atoms with Gasteiger partial charge in [0.1, 0.15) is 17.3 Å². The Morgan fingerprint density at radius 3 is 2.25 bits per heavy atom. The van der Waals surface area contributed by atoms with Gasteiger partial charge >= 0.3 is 0 Å². The summed E-state index contributed by atoms with van der Waals surface area (Å²) < 4.78 is 19.0. The summed E-state index contributed by atoms with van der Waals surface area (Å²) in [5.41, 5.74) is 1.73. The van der Waals surface area contributed by atoms with Gasteiger partial charge in [0.15, 0.2) is 0 Å². The lowest BCUT2D eigenvalue weighted by atomic mass is 9.95. The van der Waals surface area contributed by atoms with Gasteiger partial charge in [0.25, 0.3) is 11.7 Å². The summed E-state index contributed by atoms with van der Waals surface area (Å²) in [6, 6.07) is 20.6. The minimum Gasteiger partial charge on any atom is -0.507 e. The molecule has 5 nitrogen and oxygen atoms in total. The predicted octanol–water partition coefficient (Wildman–Crippen LogP) is 4.85. The van der Waals surface area contributed by atoms with E-state index in [-0.39, 0.29) is 17.9 Å². The molecule has 1 heterocycles. The van der Waals surface area contributed by atoms with Crippen molar-refractivity contribution in [3.05, 3.63) is 107 Å². The first kappa shape index (κ1) is 21.3. The number of benzene rings is 3. The molecular formula is C26H22FNO4. The second-order valence-electron chi connectivity index (χ2n) is 7.42. The van der Waals surface area contributed by atoms with Crippen LogP contribution in [0.4, 0.5) is 4.39 Å². The molecule has 3 aromatic rings. The number of Topliss-reactive ketones (excluding diaryl/α,β-unsaturated/α-hetero) is 1. The van der Waals surface area contributed by atoms with Crippen molar-refractivity contribution in [3.8, 4) is 5.75 Å². The first-order valence-electron chi connectivity index (χ1n) is 10.3. The summed E-state index contributed by atoms with van der Waals surface area (Å²) in [6.45, 7) is 2.54. The molecule has 4 rings (SSSR count). The van der Waals surface area contributed by atoms with Crippen LogP contribution < -0.4 is 4.74 Å². The number of carbonyl (C=O) groups excluding carboxylic acids is 2. The molecule has 0 saturated carbocycles. The summed E-state index contributed by atoms with van der Waals surface area (Å²) in [5, 5.41) is 11.1. The van der Waals surface area contributed by atoms with Gasteiger partial charge in [-0.05, 0) is 54.4 Å². The van der Waals surface area contributed by atoms with Gasteiger partial charge in [-0.2, -0.15) is 0 Å². The minimum absolute atomic E-state index is 0.0262. The summed E-state index contributed by atoms with van der Waals surface area (Å²) in [6.07, 6.45) is 0. The molecule has 0 spiro atoms. The maximum atomic E-state index is 13.6. The van der Waals surface area contributed by atoms with Gasteiger partial charge in [-0.3, -0.25) is 9.59 Å². The normalized spacial score (nSPS) is 17.6. The summed E-state index contributed by atoms with van der Waals surface area (Å²) >= 11 is 0. The van der Waals surface area contributed by atoms with E-state index in [1.807, 2.05) is 37.3 Å². The molecule has 1 unspecified atom stereocenters. The first-order valence-corrected chi connectivity index (χ1v) is 10.3. The zero-order chi connectivity index (χ0) is 22.7.